The van der Waals surface area contributed by atoms with Crippen molar-refractivity contribution < 1.29 is 4.79 Å². The normalized spacial score (nSPS) is 23.5. The molecule has 3 heteroatoms. The molecule has 0 radical (unpaired) electrons. The van der Waals surface area contributed by atoms with Crippen molar-refractivity contribution in [3.63, 3.8) is 0 Å². The molecule has 0 N–H and O–H groups in total. The monoisotopic (exact) mass is 314 g/mol. The van der Waals surface area contributed by atoms with Gasteiger partial charge in [-0.3, -0.25) is 4.79 Å². The molecule has 0 spiro atoms. The maximum absolute atomic E-state index is 12.5. The molecular weight excluding hydrogens is 284 g/mol. The van der Waals surface area contributed by atoms with Crippen LogP contribution in [0.1, 0.15) is 50.5 Å². The zero-order chi connectivity index (χ0) is 16.1. The molecule has 1 aliphatic heterocycles. The quantitative estimate of drug-likeness (QED) is 0.827. The largest absolute Gasteiger partial charge is 0.338 e. The molecule has 1 aliphatic carbocycles. The van der Waals surface area contributed by atoms with Crippen LogP contribution in [0.3, 0.4) is 0 Å². The van der Waals surface area contributed by atoms with Gasteiger partial charge < -0.3 is 9.80 Å². The summed E-state index contributed by atoms with van der Waals surface area (Å²) in [6.07, 6.45) is 8.77. The predicted octanol–water partition coefficient (Wildman–Crippen LogP) is 3.69. The van der Waals surface area contributed by atoms with Crippen LogP contribution in [0.15, 0.2) is 30.3 Å². The smallest absolute Gasteiger partial charge is 0.224 e. The maximum Gasteiger partial charge on any atom is 0.224 e. The Bertz CT molecular complexity index is 496. The van der Waals surface area contributed by atoms with Crippen LogP contribution in [0, 0.1) is 5.92 Å². The fourth-order valence-corrected chi connectivity index (χ4v) is 4.14. The molecule has 1 unspecified atom stereocenters. The average molecular weight is 314 g/mol. The molecule has 3 rings (SSSR count). The Labute approximate surface area is 140 Å². The van der Waals surface area contributed by atoms with Crippen molar-refractivity contribution in [2.45, 2.75) is 57.5 Å². The summed E-state index contributed by atoms with van der Waals surface area (Å²) in [6.45, 7) is 2.84. The molecular formula is C20H30N2O. The summed E-state index contributed by atoms with van der Waals surface area (Å²) in [6, 6.07) is 10.8. The Hall–Kier alpha value is -1.35. The number of nitrogens with zero attached hydrogens (tertiary/aromatic N) is 2. The van der Waals surface area contributed by atoms with Crippen LogP contribution in [-0.2, 0) is 11.3 Å². The van der Waals surface area contributed by atoms with Gasteiger partial charge in [0.05, 0.1) is 0 Å². The van der Waals surface area contributed by atoms with Crippen molar-refractivity contribution >= 4 is 5.91 Å². The van der Waals surface area contributed by atoms with E-state index in [1.807, 2.05) is 23.1 Å². The molecule has 0 bridgehead atoms. The van der Waals surface area contributed by atoms with Crippen molar-refractivity contribution in [2.75, 3.05) is 20.1 Å². The Morgan fingerprint density at radius 3 is 2.52 bits per heavy atom. The molecule has 1 saturated carbocycles. The average Bonchev–Trinajstić information content (AvgIpc) is 2.58. The fourth-order valence-electron chi connectivity index (χ4n) is 4.14. The van der Waals surface area contributed by atoms with Gasteiger partial charge in [-0.15, -0.1) is 0 Å². The number of rotatable bonds is 5. The summed E-state index contributed by atoms with van der Waals surface area (Å²) in [5.41, 5.74) is 1.23. The molecule has 1 aromatic rings. The highest BCUT2D eigenvalue weighted by atomic mass is 16.2. The lowest BCUT2D eigenvalue weighted by Crippen LogP contribution is -2.47. The van der Waals surface area contributed by atoms with E-state index in [-0.39, 0.29) is 0 Å². The SMILES string of the molecule is CN(CC1CCCCC1)C1CCN(Cc2ccccc2)C(=O)C1. The maximum atomic E-state index is 12.5. The minimum absolute atomic E-state index is 0.320. The van der Waals surface area contributed by atoms with E-state index >= 15 is 0 Å². The van der Waals surface area contributed by atoms with E-state index in [4.69, 9.17) is 0 Å². The summed E-state index contributed by atoms with van der Waals surface area (Å²) >= 11 is 0. The van der Waals surface area contributed by atoms with Gasteiger partial charge in [0.2, 0.25) is 5.91 Å². The minimum Gasteiger partial charge on any atom is -0.338 e. The van der Waals surface area contributed by atoms with Crippen LogP contribution in [0.4, 0.5) is 0 Å². The Morgan fingerprint density at radius 1 is 1.09 bits per heavy atom. The second-order valence-corrected chi connectivity index (χ2v) is 7.39. The first kappa shape index (κ1) is 16.5. The van der Waals surface area contributed by atoms with E-state index in [0.717, 1.165) is 25.4 Å². The molecule has 1 heterocycles. The number of likely N-dealkylation sites (tertiary alicyclic amines) is 1. The van der Waals surface area contributed by atoms with Gasteiger partial charge in [-0.05, 0) is 37.8 Å². The van der Waals surface area contributed by atoms with Crippen LogP contribution in [0.25, 0.3) is 0 Å². The molecule has 1 saturated heterocycles. The Kier molecular flexibility index (Phi) is 5.71. The van der Waals surface area contributed by atoms with E-state index < -0.39 is 0 Å². The third kappa shape index (κ3) is 4.57. The Morgan fingerprint density at radius 2 is 1.83 bits per heavy atom. The first-order chi connectivity index (χ1) is 11.2. The third-order valence-corrected chi connectivity index (χ3v) is 5.61. The molecule has 0 aromatic heterocycles. The molecule has 2 fully saturated rings. The van der Waals surface area contributed by atoms with Gasteiger partial charge >= 0.3 is 0 Å². The van der Waals surface area contributed by atoms with Gasteiger partial charge in [0.1, 0.15) is 0 Å². The lowest BCUT2D eigenvalue weighted by Gasteiger charge is -2.38. The zero-order valence-electron chi connectivity index (χ0n) is 14.4. The highest BCUT2D eigenvalue weighted by Gasteiger charge is 2.29. The van der Waals surface area contributed by atoms with Crippen molar-refractivity contribution in [3.8, 4) is 0 Å². The van der Waals surface area contributed by atoms with E-state index in [9.17, 15) is 4.79 Å². The Balaban J connectivity index is 1.48. The molecule has 126 valence electrons. The van der Waals surface area contributed by atoms with Gasteiger partial charge in [0, 0.05) is 32.1 Å². The number of benzene rings is 1. The fraction of sp³-hybridized carbons (Fsp3) is 0.650. The van der Waals surface area contributed by atoms with Crippen molar-refractivity contribution in [1.29, 1.82) is 0 Å². The van der Waals surface area contributed by atoms with E-state index in [1.54, 1.807) is 0 Å². The van der Waals surface area contributed by atoms with Crippen LogP contribution >= 0.6 is 0 Å². The lowest BCUT2D eigenvalue weighted by atomic mass is 9.88. The molecule has 1 amide bonds. The molecule has 3 nitrogen and oxygen atoms in total. The predicted molar refractivity (Wildman–Crippen MR) is 94.1 cm³/mol. The topological polar surface area (TPSA) is 23.6 Å². The first-order valence-corrected chi connectivity index (χ1v) is 9.24. The summed E-state index contributed by atoms with van der Waals surface area (Å²) in [5.74, 6) is 1.17. The third-order valence-electron chi connectivity index (χ3n) is 5.61. The van der Waals surface area contributed by atoms with Gasteiger partial charge in [-0.2, -0.15) is 0 Å². The molecule has 1 aromatic carbocycles. The summed E-state index contributed by atoms with van der Waals surface area (Å²) < 4.78 is 0. The zero-order valence-corrected chi connectivity index (χ0v) is 14.4. The summed E-state index contributed by atoms with van der Waals surface area (Å²) in [4.78, 5) is 17.0. The van der Waals surface area contributed by atoms with Crippen LogP contribution in [-0.4, -0.2) is 41.9 Å². The van der Waals surface area contributed by atoms with Gasteiger partial charge in [-0.1, -0.05) is 49.6 Å². The van der Waals surface area contributed by atoms with Crippen molar-refractivity contribution in [3.05, 3.63) is 35.9 Å². The number of hydrogen-bond acceptors (Lipinski definition) is 2. The van der Waals surface area contributed by atoms with Crippen molar-refractivity contribution in [1.82, 2.24) is 9.80 Å². The highest BCUT2D eigenvalue weighted by Crippen LogP contribution is 2.26. The van der Waals surface area contributed by atoms with Crippen molar-refractivity contribution in [2.24, 2.45) is 5.92 Å². The van der Waals surface area contributed by atoms with E-state index in [0.29, 0.717) is 18.4 Å². The molecule has 2 aliphatic rings. The van der Waals surface area contributed by atoms with Gasteiger partial charge in [-0.25, -0.2) is 0 Å². The lowest BCUT2D eigenvalue weighted by molar-refractivity contribution is -0.136. The van der Waals surface area contributed by atoms with Gasteiger partial charge in [0.15, 0.2) is 0 Å². The molecule has 1 atom stereocenters. The van der Waals surface area contributed by atoms with Crippen LogP contribution < -0.4 is 0 Å². The standard InChI is InChI=1S/C20H30N2O/c1-21(15-17-8-4-2-5-9-17)19-12-13-22(20(23)14-19)16-18-10-6-3-7-11-18/h3,6-7,10-11,17,19H,2,4-5,8-9,12-16H2,1H3. The number of hydrogen-bond donors (Lipinski definition) is 0. The van der Waals surface area contributed by atoms with E-state index in [1.165, 1.54) is 44.2 Å². The second kappa shape index (κ2) is 7.96. The van der Waals surface area contributed by atoms with Gasteiger partial charge in [0.25, 0.3) is 0 Å². The minimum atomic E-state index is 0.320. The number of amides is 1. The van der Waals surface area contributed by atoms with Crippen LogP contribution in [0.5, 0.6) is 0 Å². The first-order valence-electron chi connectivity index (χ1n) is 9.24. The van der Waals surface area contributed by atoms with E-state index in [2.05, 4.69) is 24.1 Å². The number of carbonyl (C=O) groups excluding carboxylic acids is 1. The summed E-state index contributed by atoms with van der Waals surface area (Å²) in [5, 5.41) is 0. The van der Waals surface area contributed by atoms with Crippen LogP contribution in [0.2, 0.25) is 0 Å². The summed E-state index contributed by atoms with van der Waals surface area (Å²) in [7, 11) is 2.22. The highest BCUT2D eigenvalue weighted by molar-refractivity contribution is 5.77. The second-order valence-electron chi connectivity index (χ2n) is 7.39. The number of piperidine rings is 1. The number of carbonyl (C=O) groups is 1. The molecule has 23 heavy (non-hydrogen) atoms.